The number of hydrogen-bond donors (Lipinski definition) is 1. The molecule has 0 aromatic carbocycles. The Bertz CT molecular complexity index is 720. The Kier molecular flexibility index (Phi) is 0.631. The summed E-state index contributed by atoms with van der Waals surface area (Å²) in [5, 5.41) is 0. The van der Waals surface area contributed by atoms with Gasteiger partial charge in [0.2, 0.25) is 0 Å². The highest BCUT2D eigenvalue weighted by atomic mass is 15.1. The number of anilines is 1. The molecule has 2 aromatic heterocycles. The molecule has 0 atom stereocenters. The molecular formula is C9H10N4. The van der Waals surface area contributed by atoms with Gasteiger partial charge < -0.3 is 5.73 Å². The molecule has 0 bridgehead atoms. The molecule has 0 unspecified atom stereocenters. The van der Waals surface area contributed by atoms with Gasteiger partial charge in [0.15, 0.2) is 0 Å². The van der Waals surface area contributed by atoms with Gasteiger partial charge in [0.05, 0.1) is 11.2 Å². The van der Waals surface area contributed by atoms with Crippen LogP contribution >= 0.6 is 0 Å². The molecule has 2 aromatic rings. The van der Waals surface area contributed by atoms with E-state index in [1.807, 2.05) is 0 Å². The molecule has 0 radical (unpaired) electrons. The molecule has 2 heterocycles. The monoisotopic (exact) mass is 182 g/mol. The van der Waals surface area contributed by atoms with Crippen molar-refractivity contribution in [2.45, 2.75) is 6.85 Å². The van der Waals surface area contributed by atoms with Crippen molar-refractivity contribution in [1.29, 1.82) is 0 Å². The molecule has 0 saturated carbocycles. The van der Waals surface area contributed by atoms with Crippen LogP contribution in [0, 0.1) is 6.85 Å². The van der Waals surface area contributed by atoms with Gasteiger partial charge in [0.25, 0.3) is 0 Å². The van der Waals surface area contributed by atoms with Gasteiger partial charge in [0.1, 0.15) is 13.5 Å². The van der Waals surface area contributed by atoms with E-state index < -0.39 is 43.3 Å². The predicted octanol–water partition coefficient (Wildman–Crippen LogP) is 1.16. The molecule has 0 aliphatic heterocycles. The number of hydrogen-bond acceptors (Lipinski definition) is 3. The van der Waals surface area contributed by atoms with Crippen LogP contribution in [0.2, 0.25) is 0 Å². The average Bonchev–Trinajstić information content (AvgIpc) is 2.67. The van der Waals surface area contributed by atoms with Gasteiger partial charge >= 0.3 is 0 Å². The molecule has 0 saturated heterocycles. The van der Waals surface area contributed by atoms with Gasteiger partial charge in [-0.25, -0.2) is 9.97 Å². The van der Waals surface area contributed by atoms with Crippen molar-refractivity contribution in [2.24, 2.45) is 0 Å². The quantitative estimate of drug-likeness (QED) is 0.720. The lowest BCUT2D eigenvalue weighted by Gasteiger charge is -2.00. The highest BCUT2D eigenvalue weighted by Gasteiger charge is 1.98. The number of pyridine rings is 1. The minimum Gasteiger partial charge on any atom is -0.399 e. The first-order valence-electron chi connectivity index (χ1n) is 7.35. The van der Waals surface area contributed by atoms with E-state index in [4.69, 9.17) is 16.7 Å². The largest absolute Gasteiger partial charge is 0.399 e. The van der Waals surface area contributed by atoms with E-state index in [9.17, 15) is 0 Å². The minimum atomic E-state index is -2.69. The summed E-state index contributed by atoms with van der Waals surface area (Å²) in [6.45, 7) is -2.69. The van der Waals surface area contributed by atoms with Crippen molar-refractivity contribution < 1.29 is 11.0 Å². The van der Waals surface area contributed by atoms with E-state index >= 15 is 0 Å². The molecular weight excluding hydrogens is 164 g/mol. The first-order valence-corrected chi connectivity index (χ1v) is 3.35. The molecule has 2 N–H and O–H groups in total. The fourth-order valence-electron chi connectivity index (χ4n) is 0.783. The van der Waals surface area contributed by atoms with Gasteiger partial charge in [-0.1, -0.05) is 0 Å². The van der Waals surface area contributed by atoms with E-state index in [-0.39, 0.29) is 11.5 Å². The summed E-state index contributed by atoms with van der Waals surface area (Å²) in [7, 11) is 0. The van der Waals surface area contributed by atoms with Crippen molar-refractivity contribution in [3.05, 3.63) is 36.4 Å². The van der Waals surface area contributed by atoms with Crippen molar-refractivity contribution in [2.75, 3.05) is 5.73 Å². The second kappa shape index (κ2) is 2.90. The van der Waals surface area contributed by atoms with Crippen molar-refractivity contribution in [3.63, 3.8) is 0 Å². The smallest absolute Gasteiger partial charge is 0.139 e. The van der Waals surface area contributed by atoms with Crippen LogP contribution in [-0.4, -0.2) is 14.5 Å². The van der Waals surface area contributed by atoms with E-state index in [0.717, 1.165) is 0 Å². The summed E-state index contributed by atoms with van der Waals surface area (Å²) in [6, 6.07) is -0.912. The molecule has 0 amide bonds. The highest BCUT2D eigenvalue weighted by molar-refractivity contribution is 5.42. The van der Waals surface area contributed by atoms with E-state index in [1.165, 1.54) is 0 Å². The van der Waals surface area contributed by atoms with Crippen molar-refractivity contribution >= 4 is 5.69 Å². The lowest BCUT2D eigenvalue weighted by Crippen LogP contribution is -1.95. The van der Waals surface area contributed by atoms with Crippen LogP contribution in [0.25, 0.3) is 5.82 Å². The van der Waals surface area contributed by atoms with Crippen LogP contribution in [0.4, 0.5) is 5.69 Å². The van der Waals surface area contributed by atoms with E-state index in [1.54, 1.807) is 0 Å². The van der Waals surface area contributed by atoms with Crippen LogP contribution < -0.4 is 5.73 Å². The first-order chi connectivity index (χ1) is 9.55. The summed E-state index contributed by atoms with van der Waals surface area (Å²) in [5.74, 6) is -0.369. The minimum absolute atomic E-state index is 0.340. The summed E-state index contributed by atoms with van der Waals surface area (Å²) in [4.78, 5) is 7.12. The lowest BCUT2D eigenvalue weighted by atomic mass is 10.4. The standard InChI is InChI=1S/C9H10N4/c1-7-5-13(6-12-7)9-4-8(10)2-3-11-9/h2-6H,1H3,(H2,10,11)/i1D3,2D,3D,4D,5D,6D. The third-order valence-corrected chi connectivity index (χ3v) is 1.29. The third-order valence-electron chi connectivity index (χ3n) is 1.29. The maximum Gasteiger partial charge on any atom is 0.139 e. The number of aromatic nitrogens is 3. The van der Waals surface area contributed by atoms with Crippen LogP contribution in [-0.2, 0) is 0 Å². The zero-order chi connectivity index (χ0) is 16.1. The van der Waals surface area contributed by atoms with Crippen LogP contribution in [0.1, 0.15) is 16.7 Å². The maximum atomic E-state index is 7.80. The Hall–Kier alpha value is -1.84. The summed E-state index contributed by atoms with van der Waals surface area (Å²) < 4.78 is 60.6. The fourth-order valence-corrected chi connectivity index (χ4v) is 0.783. The van der Waals surface area contributed by atoms with Crippen LogP contribution in [0.3, 0.4) is 0 Å². The number of nitrogen functional groups attached to an aromatic ring is 1. The first kappa shape index (κ1) is 2.83. The van der Waals surface area contributed by atoms with E-state index in [0.29, 0.717) is 4.57 Å². The summed E-state index contributed by atoms with van der Waals surface area (Å²) in [5.41, 5.74) is 4.57. The van der Waals surface area contributed by atoms with Gasteiger partial charge in [-0.3, -0.25) is 4.57 Å². The van der Waals surface area contributed by atoms with Crippen LogP contribution in [0.15, 0.2) is 30.7 Å². The molecule has 0 fully saturated rings. The highest BCUT2D eigenvalue weighted by Crippen LogP contribution is 2.08. The van der Waals surface area contributed by atoms with Gasteiger partial charge in [-0.05, 0) is 12.9 Å². The second-order valence-corrected chi connectivity index (χ2v) is 2.22. The van der Waals surface area contributed by atoms with Crippen molar-refractivity contribution in [3.8, 4) is 5.82 Å². The Labute approximate surface area is 87.3 Å². The number of imidazole rings is 1. The molecule has 0 aliphatic carbocycles. The average molecular weight is 182 g/mol. The zero-order valence-electron chi connectivity index (χ0n) is 14.4. The topological polar surface area (TPSA) is 56.7 Å². The predicted molar refractivity (Wildman–Crippen MR) is 50.5 cm³/mol. The number of rotatable bonds is 1. The molecule has 0 aliphatic rings. The van der Waals surface area contributed by atoms with Crippen LogP contribution in [0.5, 0.6) is 0 Å². The maximum absolute atomic E-state index is 7.80. The Morgan fingerprint density at radius 2 is 2.54 bits per heavy atom. The van der Waals surface area contributed by atoms with Crippen molar-refractivity contribution in [1.82, 2.24) is 14.5 Å². The molecule has 0 spiro atoms. The number of nitrogens with zero attached hydrogens (tertiary/aromatic N) is 3. The summed E-state index contributed by atoms with van der Waals surface area (Å²) in [6.07, 6.45) is -1.78. The third kappa shape index (κ3) is 1.51. The summed E-state index contributed by atoms with van der Waals surface area (Å²) >= 11 is 0. The zero-order valence-corrected chi connectivity index (χ0v) is 6.42. The Morgan fingerprint density at radius 3 is 3.31 bits per heavy atom. The Morgan fingerprint density at radius 1 is 1.62 bits per heavy atom. The Balaban J connectivity index is 2.78. The number of aryl methyl sites for hydroxylation is 1. The molecule has 4 nitrogen and oxygen atoms in total. The molecule has 4 heteroatoms. The molecule has 66 valence electrons. The second-order valence-electron chi connectivity index (χ2n) is 2.22. The SMILES string of the molecule is [2H]c1nc(-n2c([2H])nc(C([2H])([2H])[2H])c2[2H])c([2H])c(N)c1[2H]. The van der Waals surface area contributed by atoms with Gasteiger partial charge in [-0.2, -0.15) is 0 Å². The lowest BCUT2D eigenvalue weighted by molar-refractivity contribution is 0.994. The van der Waals surface area contributed by atoms with Gasteiger partial charge in [-0.15, -0.1) is 0 Å². The van der Waals surface area contributed by atoms with E-state index in [2.05, 4.69) is 9.97 Å². The normalized spacial score (nSPS) is 20.0. The number of nitrogens with two attached hydrogens (primary N) is 1. The molecule has 13 heavy (non-hydrogen) atoms. The molecule has 2 rings (SSSR count). The fraction of sp³-hybridized carbons (Fsp3) is 0.111. The van der Waals surface area contributed by atoms with Gasteiger partial charge in [0, 0.05) is 28.2 Å².